The Morgan fingerprint density at radius 1 is 1.28 bits per heavy atom. The van der Waals surface area contributed by atoms with Gasteiger partial charge in [-0.25, -0.2) is 0 Å². The molecule has 0 aliphatic carbocycles. The molecule has 1 aromatic carbocycles. The second-order valence-electron chi connectivity index (χ2n) is 4.37. The van der Waals surface area contributed by atoms with Gasteiger partial charge in [-0.2, -0.15) is 13.2 Å². The molecule has 0 radical (unpaired) electrons. The molecule has 102 valence electrons. The maximum Gasteiger partial charge on any atom is 0.405 e. The van der Waals surface area contributed by atoms with Gasteiger partial charge >= 0.3 is 6.18 Å². The van der Waals surface area contributed by atoms with Crippen LogP contribution >= 0.6 is 0 Å². The van der Waals surface area contributed by atoms with Gasteiger partial charge in [0.05, 0.1) is 0 Å². The zero-order valence-electron chi connectivity index (χ0n) is 10.7. The van der Waals surface area contributed by atoms with Crippen molar-refractivity contribution in [2.75, 3.05) is 18.0 Å². The van der Waals surface area contributed by atoms with Gasteiger partial charge in [-0.1, -0.05) is 19.1 Å². The van der Waals surface area contributed by atoms with E-state index in [0.717, 1.165) is 11.1 Å². The van der Waals surface area contributed by atoms with Crippen LogP contribution in [-0.4, -0.2) is 19.3 Å². The third-order valence-electron chi connectivity index (χ3n) is 2.67. The van der Waals surface area contributed by atoms with Crippen LogP contribution in [0.15, 0.2) is 18.2 Å². The SMILES string of the molecule is CCCN(CC(F)(F)F)c1cc(C)ccc1CN. The minimum absolute atomic E-state index is 0.244. The van der Waals surface area contributed by atoms with E-state index in [1.165, 1.54) is 4.90 Å². The number of anilines is 1. The van der Waals surface area contributed by atoms with Gasteiger partial charge in [0.25, 0.3) is 0 Å². The number of aryl methyl sites for hydroxylation is 1. The normalized spacial score (nSPS) is 11.7. The van der Waals surface area contributed by atoms with Gasteiger partial charge in [0.15, 0.2) is 0 Å². The van der Waals surface area contributed by atoms with E-state index in [0.29, 0.717) is 18.7 Å². The Morgan fingerprint density at radius 3 is 2.44 bits per heavy atom. The first kappa shape index (κ1) is 14.8. The molecule has 2 nitrogen and oxygen atoms in total. The van der Waals surface area contributed by atoms with E-state index in [2.05, 4.69) is 0 Å². The third-order valence-corrected chi connectivity index (χ3v) is 2.67. The van der Waals surface area contributed by atoms with Gasteiger partial charge in [0.1, 0.15) is 6.54 Å². The van der Waals surface area contributed by atoms with Gasteiger partial charge < -0.3 is 10.6 Å². The van der Waals surface area contributed by atoms with E-state index >= 15 is 0 Å². The Hall–Kier alpha value is -1.23. The molecule has 5 heteroatoms. The van der Waals surface area contributed by atoms with Crippen LogP contribution in [-0.2, 0) is 6.54 Å². The molecule has 18 heavy (non-hydrogen) atoms. The highest BCUT2D eigenvalue weighted by atomic mass is 19.4. The van der Waals surface area contributed by atoms with E-state index < -0.39 is 12.7 Å². The van der Waals surface area contributed by atoms with Gasteiger partial charge in [0, 0.05) is 18.8 Å². The molecule has 0 aliphatic heterocycles. The number of rotatable bonds is 5. The van der Waals surface area contributed by atoms with Crippen molar-refractivity contribution in [2.45, 2.75) is 33.0 Å². The van der Waals surface area contributed by atoms with Gasteiger partial charge in [-0.05, 0) is 30.5 Å². The summed E-state index contributed by atoms with van der Waals surface area (Å²) in [6.45, 7) is 3.41. The summed E-state index contributed by atoms with van der Waals surface area (Å²) in [5.41, 5.74) is 7.87. The Kier molecular flexibility index (Phi) is 5.02. The van der Waals surface area contributed by atoms with Gasteiger partial charge in [-0.15, -0.1) is 0 Å². The van der Waals surface area contributed by atoms with Crippen LogP contribution < -0.4 is 10.6 Å². The second-order valence-corrected chi connectivity index (χ2v) is 4.37. The molecule has 0 aromatic heterocycles. The molecular formula is C13H19F3N2. The summed E-state index contributed by atoms with van der Waals surface area (Å²) in [6.07, 6.45) is -3.54. The van der Waals surface area contributed by atoms with Crippen LogP contribution in [0, 0.1) is 6.92 Å². The summed E-state index contributed by atoms with van der Waals surface area (Å²) >= 11 is 0. The van der Waals surface area contributed by atoms with Crippen molar-refractivity contribution in [1.29, 1.82) is 0 Å². The van der Waals surface area contributed by atoms with Crippen LogP contribution in [0.2, 0.25) is 0 Å². The highest BCUT2D eigenvalue weighted by Gasteiger charge is 2.31. The monoisotopic (exact) mass is 260 g/mol. The Bertz CT molecular complexity index is 388. The first-order valence-electron chi connectivity index (χ1n) is 5.98. The third kappa shape index (κ3) is 4.22. The molecule has 0 saturated carbocycles. The summed E-state index contributed by atoms with van der Waals surface area (Å²) in [5, 5.41) is 0. The first-order chi connectivity index (χ1) is 8.37. The average molecular weight is 260 g/mol. The lowest BCUT2D eigenvalue weighted by molar-refractivity contribution is -0.119. The fourth-order valence-electron chi connectivity index (χ4n) is 1.91. The summed E-state index contributed by atoms with van der Waals surface area (Å²) in [6, 6.07) is 5.43. The van der Waals surface area contributed by atoms with E-state index in [4.69, 9.17) is 5.73 Å². The van der Waals surface area contributed by atoms with Crippen LogP contribution in [0.3, 0.4) is 0 Å². The molecule has 0 spiro atoms. The van der Waals surface area contributed by atoms with Crippen molar-refractivity contribution < 1.29 is 13.2 Å². The molecular weight excluding hydrogens is 241 g/mol. The van der Waals surface area contributed by atoms with Crippen molar-refractivity contribution in [3.8, 4) is 0 Å². The Balaban J connectivity index is 3.07. The zero-order chi connectivity index (χ0) is 13.8. The number of alkyl halides is 3. The van der Waals surface area contributed by atoms with E-state index in [1.54, 1.807) is 12.1 Å². The highest BCUT2D eigenvalue weighted by Crippen LogP contribution is 2.26. The van der Waals surface area contributed by atoms with Gasteiger partial charge in [0.2, 0.25) is 0 Å². The minimum Gasteiger partial charge on any atom is -0.362 e. The number of benzene rings is 1. The predicted octanol–water partition coefficient (Wildman–Crippen LogP) is 3.23. The second kappa shape index (κ2) is 6.09. The molecule has 0 saturated heterocycles. The summed E-state index contributed by atoms with van der Waals surface area (Å²) < 4.78 is 37.7. The maximum atomic E-state index is 12.6. The summed E-state index contributed by atoms with van der Waals surface area (Å²) in [7, 11) is 0. The molecule has 1 rings (SSSR count). The molecule has 0 unspecified atom stereocenters. The lowest BCUT2D eigenvalue weighted by Crippen LogP contribution is -2.35. The molecule has 0 atom stereocenters. The molecule has 0 fully saturated rings. The number of nitrogens with zero attached hydrogens (tertiary/aromatic N) is 1. The van der Waals surface area contributed by atoms with E-state index in [-0.39, 0.29) is 6.54 Å². The van der Waals surface area contributed by atoms with Crippen LogP contribution in [0.5, 0.6) is 0 Å². The van der Waals surface area contributed by atoms with Crippen molar-refractivity contribution in [2.24, 2.45) is 5.73 Å². The Labute approximate surface area is 106 Å². The smallest absolute Gasteiger partial charge is 0.362 e. The Morgan fingerprint density at radius 2 is 1.94 bits per heavy atom. The zero-order valence-corrected chi connectivity index (χ0v) is 10.7. The molecule has 0 heterocycles. The largest absolute Gasteiger partial charge is 0.405 e. The predicted molar refractivity (Wildman–Crippen MR) is 67.6 cm³/mol. The van der Waals surface area contributed by atoms with Crippen molar-refractivity contribution in [3.63, 3.8) is 0 Å². The van der Waals surface area contributed by atoms with Crippen LogP contribution in [0.1, 0.15) is 24.5 Å². The number of nitrogens with two attached hydrogens (primary N) is 1. The molecule has 1 aromatic rings. The maximum absolute atomic E-state index is 12.6. The topological polar surface area (TPSA) is 29.3 Å². The summed E-state index contributed by atoms with van der Waals surface area (Å²) in [4.78, 5) is 1.36. The number of halogens is 3. The fraction of sp³-hybridized carbons (Fsp3) is 0.538. The number of hydrogen-bond donors (Lipinski definition) is 1. The van der Waals surface area contributed by atoms with Gasteiger partial charge in [-0.3, -0.25) is 0 Å². The van der Waals surface area contributed by atoms with Crippen LogP contribution in [0.25, 0.3) is 0 Å². The highest BCUT2D eigenvalue weighted by molar-refractivity contribution is 5.55. The molecule has 0 bridgehead atoms. The summed E-state index contributed by atoms with van der Waals surface area (Å²) in [5.74, 6) is 0. The standard InChI is InChI=1S/C13H19F3N2/c1-3-6-18(9-13(14,15)16)12-7-10(2)4-5-11(12)8-17/h4-5,7H,3,6,8-9,17H2,1-2H3. The van der Waals surface area contributed by atoms with Crippen LogP contribution in [0.4, 0.5) is 18.9 Å². The molecule has 0 amide bonds. The van der Waals surface area contributed by atoms with E-state index in [1.807, 2.05) is 19.9 Å². The minimum atomic E-state index is -4.20. The lowest BCUT2D eigenvalue weighted by atomic mass is 10.1. The molecule has 0 aliphatic rings. The van der Waals surface area contributed by atoms with Crippen molar-refractivity contribution >= 4 is 5.69 Å². The lowest BCUT2D eigenvalue weighted by Gasteiger charge is -2.28. The van der Waals surface area contributed by atoms with Crippen molar-refractivity contribution in [1.82, 2.24) is 0 Å². The van der Waals surface area contributed by atoms with Crippen molar-refractivity contribution in [3.05, 3.63) is 29.3 Å². The fourth-order valence-corrected chi connectivity index (χ4v) is 1.91. The average Bonchev–Trinajstić information content (AvgIpc) is 2.26. The number of hydrogen-bond acceptors (Lipinski definition) is 2. The quantitative estimate of drug-likeness (QED) is 0.880. The van der Waals surface area contributed by atoms with E-state index in [9.17, 15) is 13.2 Å². The molecule has 2 N–H and O–H groups in total. The first-order valence-corrected chi connectivity index (χ1v) is 5.98.